The zero-order chi connectivity index (χ0) is 20.4. The van der Waals surface area contributed by atoms with Crippen molar-refractivity contribution in [2.75, 3.05) is 0 Å². The van der Waals surface area contributed by atoms with Gasteiger partial charge in [-0.15, -0.1) is 13.2 Å². The van der Waals surface area contributed by atoms with Crippen LogP contribution in [0.5, 0.6) is 5.75 Å². The lowest BCUT2D eigenvalue weighted by Crippen LogP contribution is -2.35. The van der Waals surface area contributed by atoms with Crippen LogP contribution in [0.1, 0.15) is 5.69 Å². The molecule has 0 saturated heterocycles. The van der Waals surface area contributed by atoms with Crippen LogP contribution in [0.2, 0.25) is 0 Å². The summed E-state index contributed by atoms with van der Waals surface area (Å²) >= 11 is 0. The van der Waals surface area contributed by atoms with E-state index >= 15 is 0 Å². The van der Waals surface area contributed by atoms with Gasteiger partial charge in [0, 0.05) is 11.8 Å². The number of benzene rings is 1. The Labute approximate surface area is 155 Å². The second-order valence-electron chi connectivity index (χ2n) is 5.76. The molecule has 2 heterocycles. The second kappa shape index (κ2) is 7.50. The fraction of sp³-hybridized carbons (Fsp3) is 0.235. The maximum Gasteiger partial charge on any atom is 0.573 e. The maximum absolute atomic E-state index is 14.4. The Morgan fingerprint density at radius 3 is 2.21 bits per heavy atom. The summed E-state index contributed by atoms with van der Waals surface area (Å²) in [6, 6.07) is 7.27. The van der Waals surface area contributed by atoms with E-state index in [-0.39, 0.29) is 0 Å². The van der Waals surface area contributed by atoms with Gasteiger partial charge in [0.1, 0.15) is 30.2 Å². The van der Waals surface area contributed by atoms with Crippen molar-refractivity contribution in [2.45, 2.75) is 24.9 Å². The van der Waals surface area contributed by atoms with Crippen molar-refractivity contribution in [3.05, 3.63) is 60.9 Å². The molecule has 0 aliphatic carbocycles. The van der Waals surface area contributed by atoms with E-state index in [1.807, 2.05) is 0 Å². The predicted molar refractivity (Wildman–Crippen MR) is 86.3 cm³/mol. The quantitative estimate of drug-likeness (QED) is 0.643. The standard InChI is InChI=1S/C17H13F5N4O2/c18-16(19,15(27)8-26-10-23-9-25-26)14-6-3-12(7-24-14)11-1-4-13(5-2-11)28-17(20,21)22/h1-7,9-10,15,27H,8H2. The normalized spacial score (nSPS) is 13.4. The summed E-state index contributed by atoms with van der Waals surface area (Å²) < 4.78 is 70.1. The lowest BCUT2D eigenvalue weighted by Gasteiger charge is -2.22. The molecule has 3 rings (SSSR count). The zero-order valence-corrected chi connectivity index (χ0v) is 14.0. The molecule has 0 amide bonds. The van der Waals surface area contributed by atoms with Gasteiger partial charge in [-0.1, -0.05) is 18.2 Å². The van der Waals surface area contributed by atoms with E-state index in [1.54, 1.807) is 0 Å². The van der Waals surface area contributed by atoms with Crippen LogP contribution in [0.25, 0.3) is 11.1 Å². The van der Waals surface area contributed by atoms with Gasteiger partial charge < -0.3 is 9.84 Å². The molecule has 0 radical (unpaired) electrons. The molecule has 2 aromatic heterocycles. The summed E-state index contributed by atoms with van der Waals surface area (Å²) in [5.74, 6) is -4.04. The number of halogens is 5. The van der Waals surface area contributed by atoms with Gasteiger partial charge in [0.2, 0.25) is 0 Å². The molecule has 6 nitrogen and oxygen atoms in total. The molecule has 0 saturated carbocycles. The van der Waals surface area contributed by atoms with Crippen molar-refractivity contribution >= 4 is 0 Å². The van der Waals surface area contributed by atoms with E-state index in [4.69, 9.17) is 0 Å². The Hall–Kier alpha value is -3.08. The van der Waals surface area contributed by atoms with E-state index in [1.165, 1.54) is 24.5 Å². The van der Waals surface area contributed by atoms with Crippen LogP contribution in [0, 0.1) is 0 Å². The van der Waals surface area contributed by atoms with Gasteiger partial charge in [-0.3, -0.25) is 9.67 Å². The molecule has 0 spiro atoms. The molecule has 0 fully saturated rings. The van der Waals surface area contributed by atoms with Gasteiger partial charge in [0.15, 0.2) is 0 Å². The number of hydrogen-bond acceptors (Lipinski definition) is 5. The van der Waals surface area contributed by atoms with E-state index in [2.05, 4.69) is 19.8 Å². The summed E-state index contributed by atoms with van der Waals surface area (Å²) in [6.07, 6.45) is -3.38. The number of aliphatic hydroxyl groups is 1. The Kier molecular flexibility index (Phi) is 5.27. The van der Waals surface area contributed by atoms with E-state index in [0.29, 0.717) is 11.1 Å². The summed E-state index contributed by atoms with van der Waals surface area (Å²) in [5, 5.41) is 13.5. The van der Waals surface area contributed by atoms with Crippen LogP contribution < -0.4 is 4.74 Å². The third-order valence-electron chi connectivity index (χ3n) is 3.77. The minimum Gasteiger partial charge on any atom is -0.406 e. The molecule has 1 unspecified atom stereocenters. The molecular formula is C17H13F5N4O2. The molecule has 0 aliphatic heterocycles. The van der Waals surface area contributed by atoms with Gasteiger partial charge in [-0.2, -0.15) is 13.9 Å². The topological polar surface area (TPSA) is 73.1 Å². The summed E-state index contributed by atoms with van der Waals surface area (Å²) in [6.45, 7) is -0.475. The third-order valence-corrected chi connectivity index (χ3v) is 3.77. The monoisotopic (exact) mass is 400 g/mol. The number of rotatable bonds is 6. The second-order valence-corrected chi connectivity index (χ2v) is 5.76. The average molecular weight is 400 g/mol. The third kappa shape index (κ3) is 4.60. The highest BCUT2D eigenvalue weighted by Gasteiger charge is 2.42. The minimum atomic E-state index is -4.80. The number of aliphatic hydroxyl groups excluding tert-OH is 1. The largest absolute Gasteiger partial charge is 0.573 e. The molecule has 0 aliphatic rings. The summed E-state index contributed by atoms with van der Waals surface area (Å²) in [5.41, 5.74) is 0.213. The predicted octanol–water partition coefficient (Wildman–Crippen LogP) is 3.39. The van der Waals surface area contributed by atoms with Crippen LogP contribution in [0.15, 0.2) is 55.2 Å². The minimum absolute atomic E-state index is 0.399. The van der Waals surface area contributed by atoms with Gasteiger partial charge in [-0.05, 0) is 23.8 Å². The molecule has 1 aromatic carbocycles. The smallest absolute Gasteiger partial charge is 0.406 e. The van der Waals surface area contributed by atoms with Gasteiger partial charge in [0.05, 0.1) is 6.54 Å². The first kappa shape index (κ1) is 19.7. The number of hydrogen-bond donors (Lipinski definition) is 1. The van der Waals surface area contributed by atoms with Crippen LogP contribution in [-0.4, -0.2) is 37.3 Å². The van der Waals surface area contributed by atoms with Gasteiger partial charge in [0.25, 0.3) is 0 Å². The van der Waals surface area contributed by atoms with E-state index in [0.717, 1.165) is 35.4 Å². The first-order chi connectivity index (χ1) is 13.1. The van der Waals surface area contributed by atoms with Crippen molar-refractivity contribution in [3.63, 3.8) is 0 Å². The molecular weight excluding hydrogens is 387 g/mol. The molecule has 28 heavy (non-hydrogen) atoms. The molecule has 1 N–H and O–H groups in total. The Morgan fingerprint density at radius 1 is 1.00 bits per heavy atom. The number of pyridine rings is 1. The van der Waals surface area contributed by atoms with Crippen molar-refractivity contribution in [1.82, 2.24) is 19.7 Å². The molecule has 3 aromatic rings. The number of aromatic nitrogens is 4. The lowest BCUT2D eigenvalue weighted by molar-refractivity contribution is -0.274. The van der Waals surface area contributed by atoms with Gasteiger partial charge >= 0.3 is 12.3 Å². The highest BCUT2D eigenvalue weighted by Crippen LogP contribution is 2.32. The average Bonchev–Trinajstić information content (AvgIpc) is 3.14. The van der Waals surface area contributed by atoms with Gasteiger partial charge in [-0.25, -0.2) is 4.98 Å². The van der Waals surface area contributed by atoms with Crippen LogP contribution in [0.3, 0.4) is 0 Å². The molecule has 11 heteroatoms. The molecule has 1 atom stereocenters. The van der Waals surface area contributed by atoms with Crippen molar-refractivity contribution in [3.8, 4) is 16.9 Å². The molecule has 148 valence electrons. The SMILES string of the molecule is OC(Cn1cncn1)C(F)(F)c1ccc(-c2ccc(OC(F)(F)F)cc2)cn1. The van der Waals surface area contributed by atoms with Crippen LogP contribution in [0.4, 0.5) is 22.0 Å². The number of ether oxygens (including phenoxy) is 1. The van der Waals surface area contributed by atoms with E-state index < -0.39 is 36.4 Å². The zero-order valence-electron chi connectivity index (χ0n) is 14.0. The fourth-order valence-corrected chi connectivity index (χ4v) is 2.40. The maximum atomic E-state index is 14.4. The first-order valence-electron chi connectivity index (χ1n) is 7.86. The Bertz CT molecular complexity index is 897. The van der Waals surface area contributed by atoms with Crippen molar-refractivity contribution in [1.29, 1.82) is 0 Å². The Morgan fingerprint density at radius 2 is 1.68 bits per heavy atom. The Balaban J connectivity index is 1.73. The summed E-state index contributed by atoms with van der Waals surface area (Å²) in [7, 11) is 0. The number of alkyl halides is 5. The molecule has 0 bridgehead atoms. The summed E-state index contributed by atoms with van der Waals surface area (Å²) in [4.78, 5) is 7.30. The van der Waals surface area contributed by atoms with Crippen molar-refractivity contribution in [2.24, 2.45) is 0 Å². The fourth-order valence-electron chi connectivity index (χ4n) is 2.40. The van der Waals surface area contributed by atoms with Crippen LogP contribution in [-0.2, 0) is 12.5 Å². The highest BCUT2D eigenvalue weighted by atomic mass is 19.4. The first-order valence-corrected chi connectivity index (χ1v) is 7.86. The highest BCUT2D eigenvalue weighted by molar-refractivity contribution is 5.63. The van der Waals surface area contributed by atoms with E-state index in [9.17, 15) is 27.1 Å². The lowest BCUT2D eigenvalue weighted by atomic mass is 10.0. The van der Waals surface area contributed by atoms with Crippen LogP contribution >= 0.6 is 0 Å². The van der Waals surface area contributed by atoms with Crippen molar-refractivity contribution < 1.29 is 31.8 Å². The number of nitrogens with zero attached hydrogens (tertiary/aromatic N) is 4.